The number of carbonyl (C=O) groups is 1. The maximum absolute atomic E-state index is 13.6. The minimum atomic E-state index is -0.573. The number of methoxy groups -OCH3 is 1. The average Bonchev–Trinajstić information content (AvgIpc) is 3.48. The first-order valence-corrected chi connectivity index (χ1v) is 13.2. The van der Waals surface area contributed by atoms with Gasteiger partial charge in [-0.15, -0.1) is 11.3 Å². The Bertz CT molecular complexity index is 1420. The molecule has 1 atom stereocenters. The Morgan fingerprint density at radius 3 is 2.74 bits per heavy atom. The number of allylic oxidation sites excluding steroid dienone is 1. The molecule has 2 aromatic heterocycles. The van der Waals surface area contributed by atoms with Gasteiger partial charge in [-0.3, -0.25) is 9.36 Å². The van der Waals surface area contributed by atoms with Crippen LogP contribution in [0, 0.1) is 0 Å². The minimum Gasteiger partial charge on any atom is -0.493 e. The van der Waals surface area contributed by atoms with E-state index < -0.39 is 12.0 Å². The molecule has 0 N–H and O–H groups in total. The molecule has 0 fully saturated rings. The summed E-state index contributed by atoms with van der Waals surface area (Å²) >= 11 is 2.79. The summed E-state index contributed by atoms with van der Waals surface area (Å²) in [5.41, 5.74) is 1.56. The number of esters is 1. The lowest BCUT2D eigenvalue weighted by atomic mass is 10.0. The third kappa shape index (κ3) is 5.11. The second kappa shape index (κ2) is 11.0. The van der Waals surface area contributed by atoms with Crippen LogP contribution >= 0.6 is 22.7 Å². The second-order valence-electron chi connectivity index (χ2n) is 7.93. The maximum atomic E-state index is 13.6. The number of hydrogen-bond acceptors (Lipinski definition) is 8. The number of rotatable bonds is 9. The summed E-state index contributed by atoms with van der Waals surface area (Å²) in [6.45, 7) is 6.52. The molecule has 0 saturated heterocycles. The third-order valence-electron chi connectivity index (χ3n) is 5.57. The summed E-state index contributed by atoms with van der Waals surface area (Å²) in [4.78, 5) is 32.5. The van der Waals surface area contributed by atoms with Crippen LogP contribution in [0.15, 0.2) is 56.8 Å². The Balaban J connectivity index is 1.80. The molecule has 0 bridgehead atoms. The summed E-state index contributed by atoms with van der Waals surface area (Å²) in [6, 6.07) is 8.86. The summed E-state index contributed by atoms with van der Waals surface area (Å²) in [6.07, 6.45) is 3.83. The first kappa shape index (κ1) is 24.9. The van der Waals surface area contributed by atoms with Gasteiger partial charge in [-0.1, -0.05) is 36.8 Å². The van der Waals surface area contributed by atoms with Gasteiger partial charge < -0.3 is 14.2 Å². The molecule has 1 unspecified atom stereocenters. The molecule has 1 aliphatic heterocycles. The van der Waals surface area contributed by atoms with Crippen LogP contribution in [0.2, 0.25) is 0 Å². The SMILES string of the molecule is CCCCOc1ccc(/C=c2/sc3n(c2=O)C(c2cccs2)C(C(=O)OCC)=C(C)N=3)cc1OC. The molecule has 3 aromatic rings. The summed E-state index contributed by atoms with van der Waals surface area (Å²) in [7, 11) is 1.60. The van der Waals surface area contributed by atoms with Crippen molar-refractivity contribution < 1.29 is 19.0 Å². The van der Waals surface area contributed by atoms with Crippen molar-refractivity contribution in [1.82, 2.24) is 4.57 Å². The molecular formula is C26H28N2O5S2. The average molecular weight is 513 g/mol. The number of fused-ring (bicyclic) bond motifs is 1. The van der Waals surface area contributed by atoms with E-state index in [4.69, 9.17) is 14.2 Å². The van der Waals surface area contributed by atoms with Gasteiger partial charge >= 0.3 is 5.97 Å². The lowest BCUT2D eigenvalue weighted by Crippen LogP contribution is -2.39. The van der Waals surface area contributed by atoms with E-state index in [1.807, 2.05) is 41.8 Å². The molecule has 0 radical (unpaired) electrons. The number of nitrogens with zero attached hydrogens (tertiary/aromatic N) is 2. The van der Waals surface area contributed by atoms with E-state index >= 15 is 0 Å². The van der Waals surface area contributed by atoms with E-state index in [9.17, 15) is 9.59 Å². The summed E-state index contributed by atoms with van der Waals surface area (Å²) in [5, 5.41) is 1.93. The molecule has 35 heavy (non-hydrogen) atoms. The van der Waals surface area contributed by atoms with Crippen LogP contribution in [0.25, 0.3) is 6.08 Å². The van der Waals surface area contributed by atoms with Crippen LogP contribution < -0.4 is 24.4 Å². The fraction of sp³-hybridized carbons (Fsp3) is 0.346. The Hall–Kier alpha value is -3.17. The Labute approximate surface area is 211 Å². The van der Waals surface area contributed by atoms with E-state index in [1.165, 1.54) is 22.7 Å². The lowest BCUT2D eigenvalue weighted by Gasteiger charge is -2.23. The van der Waals surface area contributed by atoms with E-state index in [1.54, 1.807) is 25.5 Å². The van der Waals surface area contributed by atoms with Crippen molar-refractivity contribution in [3.63, 3.8) is 0 Å². The van der Waals surface area contributed by atoms with Gasteiger partial charge in [0, 0.05) is 4.88 Å². The summed E-state index contributed by atoms with van der Waals surface area (Å²) in [5.74, 6) is 0.830. The van der Waals surface area contributed by atoms with Gasteiger partial charge in [-0.25, -0.2) is 9.79 Å². The lowest BCUT2D eigenvalue weighted by molar-refractivity contribution is -0.139. The number of ether oxygens (including phenoxy) is 3. The molecule has 7 nitrogen and oxygen atoms in total. The van der Waals surface area contributed by atoms with Crippen LogP contribution in [-0.2, 0) is 9.53 Å². The molecule has 0 amide bonds. The molecule has 0 aliphatic carbocycles. The van der Waals surface area contributed by atoms with Crippen LogP contribution in [0.5, 0.6) is 11.5 Å². The van der Waals surface area contributed by atoms with E-state index in [0.29, 0.717) is 38.7 Å². The quantitative estimate of drug-likeness (QED) is 0.319. The normalized spacial score (nSPS) is 15.5. The molecule has 184 valence electrons. The highest BCUT2D eigenvalue weighted by Crippen LogP contribution is 2.33. The predicted molar refractivity (Wildman–Crippen MR) is 138 cm³/mol. The number of thiophene rings is 1. The van der Waals surface area contributed by atoms with E-state index in [2.05, 4.69) is 11.9 Å². The van der Waals surface area contributed by atoms with Gasteiger partial charge in [0.15, 0.2) is 16.3 Å². The van der Waals surface area contributed by atoms with Gasteiger partial charge in [-0.2, -0.15) is 0 Å². The van der Waals surface area contributed by atoms with Gasteiger partial charge in [0.05, 0.1) is 36.1 Å². The third-order valence-corrected chi connectivity index (χ3v) is 7.48. The Morgan fingerprint density at radius 2 is 2.06 bits per heavy atom. The first-order valence-electron chi connectivity index (χ1n) is 11.5. The van der Waals surface area contributed by atoms with E-state index in [0.717, 1.165) is 23.3 Å². The highest BCUT2D eigenvalue weighted by atomic mass is 32.1. The van der Waals surface area contributed by atoms with Gasteiger partial charge in [0.2, 0.25) is 0 Å². The van der Waals surface area contributed by atoms with Crippen LogP contribution in [0.1, 0.15) is 50.1 Å². The second-order valence-corrected chi connectivity index (χ2v) is 9.92. The standard InChI is InChI=1S/C26H28N2O5S2/c1-5-7-12-33-18-11-10-17(14-19(18)31-4)15-21-24(29)28-23(20-9-8-13-34-20)22(25(30)32-6-2)16(3)27-26(28)35-21/h8-11,13-15,23H,5-7,12H2,1-4H3/b21-15+. The van der Waals surface area contributed by atoms with Crippen molar-refractivity contribution in [2.45, 2.75) is 39.7 Å². The molecule has 4 rings (SSSR count). The zero-order valence-corrected chi connectivity index (χ0v) is 21.8. The molecule has 9 heteroatoms. The van der Waals surface area contributed by atoms with Crippen molar-refractivity contribution in [2.24, 2.45) is 4.99 Å². The smallest absolute Gasteiger partial charge is 0.338 e. The van der Waals surface area contributed by atoms with Crippen LogP contribution in [-0.4, -0.2) is 30.9 Å². The number of aromatic nitrogens is 1. The van der Waals surface area contributed by atoms with Crippen molar-refractivity contribution in [1.29, 1.82) is 0 Å². The van der Waals surface area contributed by atoms with Gasteiger partial charge in [0.1, 0.15) is 6.04 Å². The highest BCUT2D eigenvalue weighted by molar-refractivity contribution is 7.10. The van der Waals surface area contributed by atoms with Crippen molar-refractivity contribution in [3.8, 4) is 11.5 Å². The molecule has 1 aromatic carbocycles. The Kier molecular flexibility index (Phi) is 7.87. The number of thiazole rings is 1. The largest absolute Gasteiger partial charge is 0.493 e. The molecule has 3 heterocycles. The van der Waals surface area contributed by atoms with Crippen LogP contribution in [0.4, 0.5) is 0 Å². The number of carbonyl (C=O) groups excluding carboxylic acids is 1. The predicted octanol–water partition coefficient (Wildman–Crippen LogP) is 4.05. The molecule has 0 spiro atoms. The first-order chi connectivity index (χ1) is 17.0. The fourth-order valence-corrected chi connectivity index (χ4v) is 5.75. The molecular weight excluding hydrogens is 484 g/mol. The van der Waals surface area contributed by atoms with Crippen molar-refractivity contribution >= 4 is 34.7 Å². The van der Waals surface area contributed by atoms with Gasteiger partial charge in [-0.05, 0) is 55.5 Å². The minimum absolute atomic E-state index is 0.205. The molecule has 1 aliphatic rings. The monoisotopic (exact) mass is 512 g/mol. The zero-order valence-electron chi connectivity index (χ0n) is 20.2. The number of unbranched alkanes of at least 4 members (excludes halogenated alkanes) is 1. The topological polar surface area (TPSA) is 79.1 Å². The number of hydrogen-bond donors (Lipinski definition) is 0. The molecule has 0 saturated carbocycles. The maximum Gasteiger partial charge on any atom is 0.338 e. The van der Waals surface area contributed by atoms with E-state index in [-0.39, 0.29) is 12.2 Å². The Morgan fingerprint density at radius 1 is 1.23 bits per heavy atom. The van der Waals surface area contributed by atoms with Crippen molar-refractivity contribution in [2.75, 3.05) is 20.3 Å². The summed E-state index contributed by atoms with van der Waals surface area (Å²) < 4.78 is 18.8. The highest BCUT2D eigenvalue weighted by Gasteiger charge is 2.33. The number of benzene rings is 1. The van der Waals surface area contributed by atoms with Crippen LogP contribution in [0.3, 0.4) is 0 Å². The van der Waals surface area contributed by atoms with Crippen molar-refractivity contribution in [3.05, 3.63) is 77.1 Å². The fourth-order valence-electron chi connectivity index (χ4n) is 3.88. The zero-order chi connectivity index (χ0) is 24.9. The van der Waals surface area contributed by atoms with Gasteiger partial charge in [0.25, 0.3) is 5.56 Å².